The number of carboxylic acid groups (broad SMARTS) is 1. The van der Waals surface area contributed by atoms with Gasteiger partial charge in [-0.15, -0.1) is 11.3 Å². The lowest BCUT2D eigenvalue weighted by molar-refractivity contribution is -0.136. The molecule has 2 rings (SSSR count). The van der Waals surface area contributed by atoms with Gasteiger partial charge >= 0.3 is 5.97 Å². The molecule has 0 amide bonds. The molecule has 88 valence electrons. The van der Waals surface area contributed by atoms with Crippen LogP contribution in [0.4, 0.5) is 0 Å². The van der Waals surface area contributed by atoms with Crippen LogP contribution in [-0.4, -0.2) is 29.3 Å². The Hall–Kier alpha value is -0.940. The largest absolute Gasteiger partial charge is 0.481 e. The van der Waals surface area contributed by atoms with E-state index in [9.17, 15) is 4.79 Å². The molecule has 1 aliphatic heterocycles. The third kappa shape index (κ3) is 2.41. The summed E-state index contributed by atoms with van der Waals surface area (Å²) in [6.45, 7) is 3.72. The second-order valence-corrected chi connectivity index (χ2v) is 5.49. The lowest BCUT2D eigenvalue weighted by atomic mass is 9.83. The van der Waals surface area contributed by atoms with E-state index in [4.69, 9.17) is 9.84 Å². The Bertz CT molecular complexity index is 382. The number of hydrogen-bond donors (Lipinski definition) is 1. The van der Waals surface area contributed by atoms with Crippen LogP contribution in [0.2, 0.25) is 0 Å². The third-order valence-corrected chi connectivity index (χ3v) is 4.30. The van der Waals surface area contributed by atoms with Gasteiger partial charge in [0.15, 0.2) is 0 Å². The predicted octanol–water partition coefficient (Wildman–Crippen LogP) is 1.84. The molecule has 0 spiro atoms. The van der Waals surface area contributed by atoms with E-state index in [0.29, 0.717) is 0 Å². The number of thiazole rings is 1. The fraction of sp³-hybridized carbons (Fsp3) is 0.636. The van der Waals surface area contributed by atoms with Crippen molar-refractivity contribution in [3.8, 4) is 0 Å². The van der Waals surface area contributed by atoms with Crippen molar-refractivity contribution >= 4 is 17.3 Å². The Kier molecular flexibility index (Phi) is 3.25. The minimum atomic E-state index is -0.799. The molecule has 0 bridgehead atoms. The van der Waals surface area contributed by atoms with Gasteiger partial charge in [0, 0.05) is 29.7 Å². The van der Waals surface area contributed by atoms with Crippen LogP contribution in [0.25, 0.3) is 0 Å². The van der Waals surface area contributed by atoms with Crippen LogP contribution in [0.15, 0.2) is 6.20 Å². The van der Waals surface area contributed by atoms with Crippen molar-refractivity contribution in [3.05, 3.63) is 16.1 Å². The molecule has 4 nitrogen and oxygen atoms in total. The smallest absolute Gasteiger partial charge is 0.308 e. The van der Waals surface area contributed by atoms with Gasteiger partial charge in [-0.1, -0.05) is 6.92 Å². The number of aliphatic carboxylic acids is 1. The van der Waals surface area contributed by atoms with Gasteiger partial charge in [0.1, 0.15) is 0 Å². The fourth-order valence-electron chi connectivity index (χ4n) is 1.85. The van der Waals surface area contributed by atoms with Gasteiger partial charge in [-0.3, -0.25) is 4.79 Å². The Labute approximate surface area is 98.3 Å². The number of hydrogen-bond acceptors (Lipinski definition) is 4. The second-order valence-electron chi connectivity index (χ2n) is 4.38. The Morgan fingerprint density at radius 1 is 1.62 bits per heavy atom. The number of carbonyl (C=O) groups is 1. The molecule has 1 aliphatic rings. The molecule has 0 unspecified atom stereocenters. The van der Waals surface area contributed by atoms with Gasteiger partial charge in [0.25, 0.3) is 0 Å². The monoisotopic (exact) mass is 241 g/mol. The van der Waals surface area contributed by atoms with E-state index in [0.717, 1.165) is 35.9 Å². The van der Waals surface area contributed by atoms with Crippen molar-refractivity contribution in [1.29, 1.82) is 0 Å². The van der Waals surface area contributed by atoms with E-state index < -0.39 is 5.97 Å². The standard InChI is InChI=1S/C11H15NO3S/c1-11(2-4-15-5-3-11)10-12-7-8(16-10)6-9(13)14/h7H,2-6H2,1H3,(H,13,14). The number of nitrogens with zero attached hydrogens (tertiary/aromatic N) is 1. The molecule has 1 aromatic rings. The van der Waals surface area contributed by atoms with Crippen molar-refractivity contribution < 1.29 is 14.6 Å². The first-order valence-electron chi connectivity index (χ1n) is 5.35. The quantitative estimate of drug-likeness (QED) is 0.877. The van der Waals surface area contributed by atoms with Crippen LogP contribution in [0.3, 0.4) is 0 Å². The molecule has 0 saturated carbocycles. The molecule has 5 heteroatoms. The first kappa shape index (κ1) is 11.5. The number of carboxylic acids is 1. The van der Waals surface area contributed by atoms with Crippen LogP contribution in [0.5, 0.6) is 0 Å². The van der Waals surface area contributed by atoms with Crippen LogP contribution in [0.1, 0.15) is 29.7 Å². The highest BCUT2D eigenvalue weighted by Crippen LogP contribution is 2.36. The second kappa shape index (κ2) is 4.51. The fourth-order valence-corrected chi connectivity index (χ4v) is 2.96. The predicted molar refractivity (Wildman–Crippen MR) is 60.9 cm³/mol. The summed E-state index contributed by atoms with van der Waals surface area (Å²) in [5, 5.41) is 9.76. The average Bonchev–Trinajstić information content (AvgIpc) is 2.67. The molecule has 1 fully saturated rings. The van der Waals surface area contributed by atoms with E-state index in [1.54, 1.807) is 6.20 Å². The zero-order chi connectivity index (χ0) is 11.6. The highest BCUT2D eigenvalue weighted by Gasteiger charge is 2.32. The molecule has 2 heterocycles. The maximum Gasteiger partial charge on any atom is 0.308 e. The molecule has 0 aliphatic carbocycles. The zero-order valence-electron chi connectivity index (χ0n) is 9.23. The first-order valence-corrected chi connectivity index (χ1v) is 6.16. The van der Waals surface area contributed by atoms with Crippen LogP contribution < -0.4 is 0 Å². The summed E-state index contributed by atoms with van der Waals surface area (Å²) in [6.07, 6.45) is 3.69. The molecule has 0 atom stereocenters. The van der Waals surface area contributed by atoms with Gasteiger partial charge in [0.05, 0.1) is 11.4 Å². The van der Waals surface area contributed by atoms with Crippen molar-refractivity contribution in [3.63, 3.8) is 0 Å². The van der Waals surface area contributed by atoms with Gasteiger partial charge in [0.2, 0.25) is 0 Å². The van der Waals surface area contributed by atoms with Crippen LogP contribution in [-0.2, 0) is 21.4 Å². The number of ether oxygens (including phenoxy) is 1. The first-order chi connectivity index (χ1) is 7.60. The van der Waals surface area contributed by atoms with Crippen molar-refractivity contribution in [2.24, 2.45) is 0 Å². The average molecular weight is 241 g/mol. The van der Waals surface area contributed by atoms with E-state index in [-0.39, 0.29) is 11.8 Å². The van der Waals surface area contributed by atoms with E-state index >= 15 is 0 Å². The van der Waals surface area contributed by atoms with E-state index in [1.807, 2.05) is 0 Å². The molecule has 1 saturated heterocycles. The van der Waals surface area contributed by atoms with Crippen LogP contribution in [0, 0.1) is 0 Å². The molecular weight excluding hydrogens is 226 g/mol. The van der Waals surface area contributed by atoms with Gasteiger partial charge in [-0.25, -0.2) is 4.98 Å². The molecule has 16 heavy (non-hydrogen) atoms. The minimum absolute atomic E-state index is 0.0691. The maximum absolute atomic E-state index is 10.6. The highest BCUT2D eigenvalue weighted by atomic mass is 32.1. The Balaban J connectivity index is 2.13. The Morgan fingerprint density at radius 3 is 2.94 bits per heavy atom. The molecule has 1 N–H and O–H groups in total. The maximum atomic E-state index is 10.6. The normalized spacial score (nSPS) is 19.6. The summed E-state index contributed by atoms with van der Waals surface area (Å²) in [4.78, 5) is 15.8. The molecular formula is C11H15NO3S. The summed E-state index contributed by atoms with van der Waals surface area (Å²) in [5.41, 5.74) is 0.0691. The molecule has 0 aromatic carbocycles. The van der Waals surface area contributed by atoms with Crippen LogP contribution >= 0.6 is 11.3 Å². The summed E-state index contributed by atoms with van der Waals surface area (Å²) in [5.74, 6) is -0.799. The number of rotatable bonds is 3. The third-order valence-electron chi connectivity index (χ3n) is 2.99. The van der Waals surface area contributed by atoms with E-state index in [2.05, 4.69) is 11.9 Å². The van der Waals surface area contributed by atoms with Crippen molar-refractivity contribution in [2.45, 2.75) is 31.6 Å². The summed E-state index contributed by atoms with van der Waals surface area (Å²) < 4.78 is 5.34. The van der Waals surface area contributed by atoms with Gasteiger partial charge in [-0.2, -0.15) is 0 Å². The minimum Gasteiger partial charge on any atom is -0.481 e. The molecule has 1 aromatic heterocycles. The van der Waals surface area contributed by atoms with Gasteiger partial charge in [-0.05, 0) is 12.8 Å². The zero-order valence-corrected chi connectivity index (χ0v) is 10.0. The van der Waals surface area contributed by atoms with Gasteiger partial charge < -0.3 is 9.84 Å². The summed E-state index contributed by atoms with van der Waals surface area (Å²) in [6, 6.07) is 0. The Morgan fingerprint density at radius 2 is 2.31 bits per heavy atom. The van der Waals surface area contributed by atoms with Crippen molar-refractivity contribution in [1.82, 2.24) is 4.98 Å². The lowest BCUT2D eigenvalue weighted by Crippen LogP contribution is -2.30. The van der Waals surface area contributed by atoms with Crippen molar-refractivity contribution in [2.75, 3.05) is 13.2 Å². The highest BCUT2D eigenvalue weighted by molar-refractivity contribution is 7.11. The topological polar surface area (TPSA) is 59.4 Å². The SMILES string of the molecule is CC1(c2ncc(CC(=O)O)s2)CCOCC1. The lowest BCUT2D eigenvalue weighted by Gasteiger charge is -2.31. The summed E-state index contributed by atoms with van der Waals surface area (Å²) in [7, 11) is 0. The van der Waals surface area contributed by atoms with E-state index in [1.165, 1.54) is 11.3 Å². The number of aromatic nitrogens is 1. The summed E-state index contributed by atoms with van der Waals surface area (Å²) >= 11 is 1.52. The molecule has 0 radical (unpaired) electrons.